The summed E-state index contributed by atoms with van der Waals surface area (Å²) in [6, 6.07) is 3.86. The van der Waals surface area contributed by atoms with Crippen LogP contribution in [0.1, 0.15) is 36.2 Å². The maximum atomic E-state index is 11.9. The standard InChI is InChI=1S/C12H14Br2N2O/c13-8-1-4-10(5-2-8)16-12(17)11-6-3-9(14)7-15-11/h3,6-8,10H,1-2,4-5H2,(H,16,17). The normalized spacial score (nSPS) is 24.4. The second-order valence-corrected chi connectivity index (χ2v) is 6.49. The zero-order chi connectivity index (χ0) is 12.3. The summed E-state index contributed by atoms with van der Waals surface area (Å²) in [5, 5.41) is 3.04. The molecule has 92 valence electrons. The molecule has 0 radical (unpaired) electrons. The Kier molecular flexibility index (Phi) is 4.56. The largest absolute Gasteiger partial charge is 0.348 e. The zero-order valence-corrected chi connectivity index (χ0v) is 12.5. The molecule has 1 aromatic heterocycles. The molecule has 1 fully saturated rings. The molecule has 1 heterocycles. The molecule has 2 rings (SSSR count). The molecule has 0 atom stereocenters. The number of amides is 1. The second-order valence-electron chi connectivity index (χ2n) is 4.28. The average molecular weight is 362 g/mol. The number of carbonyl (C=O) groups excluding carboxylic acids is 1. The molecule has 0 saturated heterocycles. The molecule has 17 heavy (non-hydrogen) atoms. The highest BCUT2D eigenvalue weighted by atomic mass is 79.9. The minimum absolute atomic E-state index is 0.0736. The molecule has 1 aliphatic carbocycles. The third-order valence-electron chi connectivity index (χ3n) is 2.95. The number of rotatable bonds is 2. The molecule has 1 saturated carbocycles. The van der Waals surface area contributed by atoms with Crippen molar-refractivity contribution in [2.75, 3.05) is 0 Å². The maximum absolute atomic E-state index is 11.9. The molecule has 1 aromatic rings. The van der Waals surface area contributed by atoms with Crippen molar-refractivity contribution >= 4 is 37.8 Å². The fourth-order valence-corrected chi connectivity index (χ4v) is 2.73. The van der Waals surface area contributed by atoms with Crippen LogP contribution < -0.4 is 5.32 Å². The van der Waals surface area contributed by atoms with E-state index < -0.39 is 0 Å². The third-order valence-corrected chi connectivity index (χ3v) is 4.34. The van der Waals surface area contributed by atoms with Crippen LogP contribution in [0.25, 0.3) is 0 Å². The highest BCUT2D eigenvalue weighted by Crippen LogP contribution is 2.24. The van der Waals surface area contributed by atoms with Gasteiger partial charge in [-0.2, -0.15) is 0 Å². The number of hydrogen-bond acceptors (Lipinski definition) is 2. The van der Waals surface area contributed by atoms with E-state index in [2.05, 4.69) is 42.2 Å². The third kappa shape index (κ3) is 3.78. The summed E-state index contributed by atoms with van der Waals surface area (Å²) in [5.74, 6) is -0.0736. The van der Waals surface area contributed by atoms with Gasteiger partial charge in [0.25, 0.3) is 5.91 Å². The van der Waals surface area contributed by atoms with E-state index in [0.29, 0.717) is 16.6 Å². The van der Waals surface area contributed by atoms with Gasteiger partial charge in [-0.1, -0.05) is 15.9 Å². The van der Waals surface area contributed by atoms with Crippen LogP contribution >= 0.6 is 31.9 Å². The minimum atomic E-state index is -0.0736. The number of nitrogens with one attached hydrogen (secondary N) is 1. The van der Waals surface area contributed by atoms with Gasteiger partial charge in [0.1, 0.15) is 5.69 Å². The summed E-state index contributed by atoms with van der Waals surface area (Å²) in [5.41, 5.74) is 0.481. The Morgan fingerprint density at radius 1 is 1.29 bits per heavy atom. The summed E-state index contributed by atoms with van der Waals surface area (Å²) < 4.78 is 0.883. The Hall–Kier alpha value is -0.420. The van der Waals surface area contributed by atoms with Gasteiger partial charge < -0.3 is 5.32 Å². The summed E-state index contributed by atoms with van der Waals surface area (Å²) in [6.07, 6.45) is 5.97. The molecule has 0 aliphatic heterocycles. The van der Waals surface area contributed by atoms with Gasteiger partial charge >= 0.3 is 0 Å². The van der Waals surface area contributed by atoms with E-state index in [4.69, 9.17) is 0 Å². The van der Waals surface area contributed by atoms with E-state index in [1.165, 1.54) is 0 Å². The quantitative estimate of drug-likeness (QED) is 0.821. The predicted molar refractivity (Wildman–Crippen MR) is 74.4 cm³/mol. The lowest BCUT2D eigenvalue weighted by Crippen LogP contribution is -2.38. The zero-order valence-electron chi connectivity index (χ0n) is 9.33. The summed E-state index contributed by atoms with van der Waals surface area (Å²) in [4.78, 5) is 16.6. The smallest absolute Gasteiger partial charge is 0.270 e. The number of halogens is 2. The van der Waals surface area contributed by atoms with E-state index in [9.17, 15) is 4.79 Å². The second kappa shape index (κ2) is 5.96. The van der Waals surface area contributed by atoms with Gasteiger partial charge in [0.15, 0.2) is 0 Å². The lowest BCUT2D eigenvalue weighted by molar-refractivity contribution is 0.0923. The first-order chi connectivity index (χ1) is 8.15. The lowest BCUT2D eigenvalue weighted by Gasteiger charge is -2.25. The van der Waals surface area contributed by atoms with Crippen LogP contribution in [-0.2, 0) is 0 Å². The molecule has 0 unspecified atom stereocenters. The minimum Gasteiger partial charge on any atom is -0.348 e. The van der Waals surface area contributed by atoms with Crippen molar-refractivity contribution in [1.29, 1.82) is 0 Å². The molecule has 1 aliphatic rings. The number of pyridine rings is 1. The van der Waals surface area contributed by atoms with Crippen molar-refractivity contribution in [1.82, 2.24) is 10.3 Å². The first-order valence-corrected chi connectivity index (χ1v) is 7.42. The molecular formula is C12H14Br2N2O. The Labute approximate surface area is 118 Å². The van der Waals surface area contributed by atoms with E-state index in [0.717, 1.165) is 30.2 Å². The monoisotopic (exact) mass is 360 g/mol. The summed E-state index contributed by atoms with van der Waals surface area (Å²) in [6.45, 7) is 0. The first-order valence-electron chi connectivity index (χ1n) is 5.71. The van der Waals surface area contributed by atoms with Crippen molar-refractivity contribution in [3.63, 3.8) is 0 Å². The Morgan fingerprint density at radius 2 is 2.00 bits per heavy atom. The Bertz CT molecular complexity index is 386. The Balaban J connectivity index is 1.91. The summed E-state index contributed by atoms with van der Waals surface area (Å²) in [7, 11) is 0. The number of nitrogens with zero attached hydrogens (tertiary/aromatic N) is 1. The fraction of sp³-hybridized carbons (Fsp3) is 0.500. The van der Waals surface area contributed by atoms with Crippen LogP contribution in [0.3, 0.4) is 0 Å². The van der Waals surface area contributed by atoms with Crippen molar-refractivity contribution in [3.8, 4) is 0 Å². The average Bonchev–Trinajstić information content (AvgIpc) is 2.33. The summed E-state index contributed by atoms with van der Waals surface area (Å²) >= 11 is 6.90. The molecule has 0 bridgehead atoms. The first kappa shape index (κ1) is 13.0. The fourth-order valence-electron chi connectivity index (χ4n) is 1.97. The topological polar surface area (TPSA) is 42.0 Å². The van der Waals surface area contributed by atoms with Crippen LogP contribution in [0.5, 0.6) is 0 Å². The van der Waals surface area contributed by atoms with E-state index >= 15 is 0 Å². The van der Waals surface area contributed by atoms with Crippen molar-refractivity contribution < 1.29 is 4.79 Å². The molecular weight excluding hydrogens is 348 g/mol. The van der Waals surface area contributed by atoms with E-state index in [1.807, 2.05) is 6.07 Å². The van der Waals surface area contributed by atoms with Crippen LogP contribution in [0.15, 0.2) is 22.8 Å². The van der Waals surface area contributed by atoms with Gasteiger partial charge in [-0.3, -0.25) is 4.79 Å². The highest BCUT2D eigenvalue weighted by molar-refractivity contribution is 9.10. The SMILES string of the molecule is O=C(NC1CCC(Br)CC1)c1ccc(Br)cn1. The van der Waals surface area contributed by atoms with Gasteiger partial charge in [0.2, 0.25) is 0 Å². The van der Waals surface area contributed by atoms with Gasteiger partial charge in [-0.05, 0) is 53.7 Å². The van der Waals surface area contributed by atoms with Gasteiger partial charge in [-0.15, -0.1) is 0 Å². The number of alkyl halides is 1. The molecule has 1 N–H and O–H groups in total. The van der Waals surface area contributed by atoms with Gasteiger partial charge in [-0.25, -0.2) is 4.98 Å². The van der Waals surface area contributed by atoms with Gasteiger partial charge in [0, 0.05) is 21.5 Å². The lowest BCUT2D eigenvalue weighted by atomic mass is 9.95. The van der Waals surface area contributed by atoms with Crippen LogP contribution in [-0.4, -0.2) is 21.8 Å². The predicted octanol–water partition coefficient (Wildman–Crippen LogP) is 3.28. The van der Waals surface area contributed by atoms with Crippen molar-refractivity contribution in [3.05, 3.63) is 28.5 Å². The number of aromatic nitrogens is 1. The molecule has 0 spiro atoms. The van der Waals surface area contributed by atoms with Crippen LogP contribution in [0, 0.1) is 0 Å². The molecule has 5 heteroatoms. The Morgan fingerprint density at radius 3 is 2.59 bits per heavy atom. The number of hydrogen-bond donors (Lipinski definition) is 1. The van der Waals surface area contributed by atoms with Crippen LogP contribution in [0.4, 0.5) is 0 Å². The highest BCUT2D eigenvalue weighted by Gasteiger charge is 2.21. The molecule has 0 aromatic carbocycles. The van der Waals surface area contributed by atoms with Crippen molar-refractivity contribution in [2.24, 2.45) is 0 Å². The van der Waals surface area contributed by atoms with Crippen LogP contribution in [0.2, 0.25) is 0 Å². The van der Waals surface area contributed by atoms with Crippen molar-refractivity contribution in [2.45, 2.75) is 36.6 Å². The van der Waals surface area contributed by atoms with E-state index in [1.54, 1.807) is 12.3 Å². The maximum Gasteiger partial charge on any atom is 0.270 e. The van der Waals surface area contributed by atoms with E-state index in [-0.39, 0.29) is 5.91 Å². The number of carbonyl (C=O) groups is 1. The molecule has 3 nitrogen and oxygen atoms in total. The van der Waals surface area contributed by atoms with Gasteiger partial charge in [0.05, 0.1) is 0 Å². The molecule has 1 amide bonds.